The average molecular weight is 208 g/mol. The van der Waals surface area contributed by atoms with Crippen molar-refractivity contribution in [3.8, 4) is 0 Å². The van der Waals surface area contributed by atoms with E-state index in [1.165, 1.54) is 12.4 Å². The van der Waals surface area contributed by atoms with E-state index in [-0.39, 0.29) is 5.56 Å². The smallest absolute Gasteiger partial charge is 0.338 e. The van der Waals surface area contributed by atoms with Gasteiger partial charge in [0.25, 0.3) is 10.2 Å². The SMILES string of the molecule is NS(N)(=O)=O.O=C(O)c1cn[nH]c1. The molecule has 0 fully saturated rings. The number of hydrogen-bond donors (Lipinski definition) is 4. The van der Waals surface area contributed by atoms with Crippen molar-refractivity contribution in [1.29, 1.82) is 0 Å². The maximum absolute atomic E-state index is 10.0. The van der Waals surface area contributed by atoms with Crippen molar-refractivity contribution in [3.05, 3.63) is 18.0 Å². The van der Waals surface area contributed by atoms with Crippen LogP contribution in [0.2, 0.25) is 0 Å². The molecule has 1 aromatic heterocycles. The molecule has 0 saturated carbocycles. The zero-order valence-corrected chi connectivity index (χ0v) is 7.15. The molecule has 0 spiro atoms. The van der Waals surface area contributed by atoms with Crippen molar-refractivity contribution in [3.63, 3.8) is 0 Å². The largest absolute Gasteiger partial charge is 0.478 e. The summed E-state index contributed by atoms with van der Waals surface area (Å²) in [7, 11) is -3.67. The first-order valence-electron chi connectivity index (χ1n) is 2.83. The number of nitrogens with one attached hydrogen (secondary N) is 1. The van der Waals surface area contributed by atoms with Gasteiger partial charge in [0, 0.05) is 6.20 Å². The summed E-state index contributed by atoms with van der Waals surface area (Å²) in [5.41, 5.74) is 0.185. The van der Waals surface area contributed by atoms with E-state index in [0.717, 1.165) is 0 Å². The van der Waals surface area contributed by atoms with Gasteiger partial charge in [-0.3, -0.25) is 5.10 Å². The van der Waals surface area contributed by atoms with Gasteiger partial charge < -0.3 is 5.11 Å². The number of rotatable bonds is 1. The van der Waals surface area contributed by atoms with Crippen LogP contribution in [0.4, 0.5) is 0 Å². The van der Waals surface area contributed by atoms with Crippen molar-refractivity contribution in [1.82, 2.24) is 10.2 Å². The highest BCUT2D eigenvalue weighted by atomic mass is 32.2. The van der Waals surface area contributed by atoms with Gasteiger partial charge in [0.15, 0.2) is 0 Å². The zero-order valence-electron chi connectivity index (χ0n) is 6.34. The molecular formula is C4H8N4O4S. The highest BCUT2D eigenvalue weighted by molar-refractivity contribution is 7.86. The minimum absolute atomic E-state index is 0.185. The molecule has 0 aliphatic heterocycles. The fraction of sp³-hybridized carbons (Fsp3) is 0. The van der Waals surface area contributed by atoms with Crippen LogP contribution in [-0.4, -0.2) is 29.7 Å². The first-order chi connectivity index (χ1) is 5.80. The number of nitrogens with zero attached hydrogens (tertiary/aromatic N) is 1. The summed E-state index contributed by atoms with van der Waals surface area (Å²) < 4.78 is 18.4. The quantitative estimate of drug-likeness (QED) is 0.431. The topological polar surface area (TPSA) is 152 Å². The van der Waals surface area contributed by atoms with Gasteiger partial charge in [-0.1, -0.05) is 0 Å². The summed E-state index contributed by atoms with van der Waals surface area (Å²) in [4.78, 5) is 10.0. The summed E-state index contributed by atoms with van der Waals surface area (Å²) in [6.45, 7) is 0. The van der Waals surface area contributed by atoms with Crippen LogP contribution >= 0.6 is 0 Å². The molecule has 1 rings (SSSR count). The molecule has 0 bridgehead atoms. The lowest BCUT2D eigenvalue weighted by molar-refractivity contribution is 0.0697. The van der Waals surface area contributed by atoms with Crippen LogP contribution in [0.1, 0.15) is 10.4 Å². The molecule has 0 aliphatic rings. The van der Waals surface area contributed by atoms with E-state index in [4.69, 9.17) is 5.11 Å². The van der Waals surface area contributed by atoms with E-state index < -0.39 is 16.2 Å². The lowest BCUT2D eigenvalue weighted by Crippen LogP contribution is -2.21. The predicted octanol–water partition coefficient (Wildman–Crippen LogP) is -1.74. The van der Waals surface area contributed by atoms with Crippen molar-refractivity contribution in [2.75, 3.05) is 0 Å². The normalized spacial score (nSPS) is 10.0. The number of nitrogens with two attached hydrogens (primary N) is 2. The molecule has 13 heavy (non-hydrogen) atoms. The Balaban J connectivity index is 0.000000252. The van der Waals surface area contributed by atoms with Gasteiger partial charge in [0.2, 0.25) is 0 Å². The molecule has 0 amide bonds. The second-order valence-corrected chi connectivity index (χ2v) is 3.06. The van der Waals surface area contributed by atoms with Gasteiger partial charge in [-0.15, -0.1) is 0 Å². The van der Waals surface area contributed by atoms with Crippen molar-refractivity contribution < 1.29 is 18.3 Å². The molecule has 0 atom stereocenters. The molecule has 74 valence electrons. The van der Waals surface area contributed by atoms with Crippen LogP contribution in [-0.2, 0) is 10.2 Å². The summed E-state index contributed by atoms with van der Waals surface area (Å²) in [5, 5.41) is 22.2. The second-order valence-electron chi connectivity index (χ2n) is 1.88. The summed E-state index contributed by atoms with van der Waals surface area (Å²) >= 11 is 0. The third kappa shape index (κ3) is 8.46. The Morgan fingerprint density at radius 3 is 2.15 bits per heavy atom. The highest BCUT2D eigenvalue weighted by Crippen LogP contribution is 1.90. The van der Waals surface area contributed by atoms with Crippen LogP contribution < -0.4 is 10.3 Å². The number of aromatic nitrogens is 2. The Labute approximate surface area is 73.7 Å². The van der Waals surface area contributed by atoms with E-state index in [1.54, 1.807) is 0 Å². The molecular weight excluding hydrogens is 200 g/mol. The number of H-pyrrole nitrogens is 1. The van der Waals surface area contributed by atoms with Gasteiger partial charge in [0.05, 0.1) is 11.8 Å². The van der Waals surface area contributed by atoms with Gasteiger partial charge in [-0.05, 0) is 0 Å². The van der Waals surface area contributed by atoms with Gasteiger partial charge in [0.1, 0.15) is 0 Å². The van der Waals surface area contributed by atoms with Crippen LogP contribution in [0.5, 0.6) is 0 Å². The Morgan fingerprint density at radius 1 is 1.54 bits per heavy atom. The van der Waals surface area contributed by atoms with E-state index in [2.05, 4.69) is 20.5 Å². The second kappa shape index (κ2) is 4.54. The standard InChI is InChI=1S/C4H4N2O2.H4N2O2S/c7-4(8)3-1-5-6-2-3;1-5(2,3)4/h1-2H,(H,5,6)(H,7,8);(H4,1,2,3,4). The molecule has 1 heterocycles. The molecule has 9 heteroatoms. The summed E-state index contributed by atoms with van der Waals surface area (Å²) in [6, 6.07) is 0. The maximum atomic E-state index is 10.0. The average Bonchev–Trinajstić information content (AvgIpc) is 2.31. The molecule has 0 radical (unpaired) electrons. The van der Waals surface area contributed by atoms with Crippen molar-refractivity contribution in [2.45, 2.75) is 0 Å². The molecule has 0 aromatic carbocycles. The molecule has 1 aromatic rings. The van der Waals surface area contributed by atoms with E-state index in [9.17, 15) is 13.2 Å². The summed E-state index contributed by atoms with van der Waals surface area (Å²) in [6.07, 6.45) is 2.57. The maximum Gasteiger partial charge on any atom is 0.338 e. The lowest BCUT2D eigenvalue weighted by Gasteiger charge is -1.77. The summed E-state index contributed by atoms with van der Waals surface area (Å²) in [5.74, 6) is -0.959. The third-order valence-electron chi connectivity index (χ3n) is 0.745. The number of hydrogen-bond acceptors (Lipinski definition) is 4. The molecule has 8 nitrogen and oxygen atoms in total. The fourth-order valence-corrected chi connectivity index (χ4v) is 0.368. The predicted molar refractivity (Wildman–Crippen MR) is 42.8 cm³/mol. The Kier molecular flexibility index (Phi) is 4.04. The Bertz CT molecular complexity index is 348. The van der Waals surface area contributed by atoms with Gasteiger partial charge in [-0.2, -0.15) is 13.5 Å². The molecule has 0 unspecified atom stereocenters. The minimum atomic E-state index is -3.67. The Morgan fingerprint density at radius 2 is 2.00 bits per heavy atom. The van der Waals surface area contributed by atoms with Crippen LogP contribution in [0.25, 0.3) is 0 Å². The van der Waals surface area contributed by atoms with Crippen LogP contribution in [0, 0.1) is 0 Å². The van der Waals surface area contributed by atoms with Crippen LogP contribution in [0.3, 0.4) is 0 Å². The van der Waals surface area contributed by atoms with E-state index in [1.807, 2.05) is 0 Å². The molecule has 0 saturated heterocycles. The fourth-order valence-electron chi connectivity index (χ4n) is 0.368. The first-order valence-corrected chi connectivity index (χ1v) is 4.44. The molecule has 0 aliphatic carbocycles. The number of carbonyl (C=O) groups is 1. The van der Waals surface area contributed by atoms with Crippen molar-refractivity contribution >= 4 is 16.2 Å². The van der Waals surface area contributed by atoms with E-state index in [0.29, 0.717) is 0 Å². The number of carboxylic acid groups (broad SMARTS) is 1. The van der Waals surface area contributed by atoms with Gasteiger partial charge >= 0.3 is 5.97 Å². The number of aromatic carboxylic acids is 1. The third-order valence-corrected chi connectivity index (χ3v) is 0.745. The van der Waals surface area contributed by atoms with Crippen LogP contribution in [0.15, 0.2) is 12.4 Å². The number of carboxylic acids is 1. The highest BCUT2D eigenvalue weighted by Gasteiger charge is 1.99. The molecule has 6 N–H and O–H groups in total. The Hall–Kier alpha value is -1.45. The first kappa shape index (κ1) is 11.6. The number of aromatic amines is 1. The minimum Gasteiger partial charge on any atom is -0.478 e. The monoisotopic (exact) mass is 208 g/mol. The van der Waals surface area contributed by atoms with Crippen molar-refractivity contribution in [2.24, 2.45) is 10.3 Å². The lowest BCUT2D eigenvalue weighted by atomic mass is 10.4. The zero-order chi connectivity index (χ0) is 10.5. The van der Waals surface area contributed by atoms with E-state index >= 15 is 0 Å². The van der Waals surface area contributed by atoms with Gasteiger partial charge in [-0.25, -0.2) is 15.1 Å².